The van der Waals surface area contributed by atoms with E-state index < -0.39 is 29.6 Å². The van der Waals surface area contributed by atoms with Crippen LogP contribution in [-0.2, 0) is 27.2 Å². The van der Waals surface area contributed by atoms with E-state index in [0.717, 1.165) is 59.5 Å². The van der Waals surface area contributed by atoms with Crippen LogP contribution in [-0.4, -0.2) is 45.7 Å². The number of carbonyl (C=O) groups excluding carboxylic acids is 2. The summed E-state index contributed by atoms with van der Waals surface area (Å²) in [6.07, 6.45) is 6.82. The molecular formula is C33H37IN6O5. The molecule has 0 aliphatic heterocycles. The molecule has 3 aromatic rings. The molecule has 11 nitrogen and oxygen atoms in total. The van der Waals surface area contributed by atoms with E-state index >= 15 is 0 Å². The van der Waals surface area contributed by atoms with Gasteiger partial charge < -0.3 is 25.5 Å². The number of nitrogens with zero attached hydrogens (tertiary/aromatic N) is 3. The molecule has 45 heavy (non-hydrogen) atoms. The summed E-state index contributed by atoms with van der Waals surface area (Å²) < 4.78 is 6.83. The van der Waals surface area contributed by atoms with Crippen molar-refractivity contribution in [1.82, 2.24) is 15.6 Å². The van der Waals surface area contributed by atoms with Gasteiger partial charge in [-0.15, -0.1) is 0 Å². The number of rotatable bonds is 11. The first kappa shape index (κ1) is 31.2. The van der Waals surface area contributed by atoms with E-state index in [1.807, 2.05) is 30.5 Å². The first-order valence-electron chi connectivity index (χ1n) is 15.5. The van der Waals surface area contributed by atoms with Crippen LogP contribution in [0.5, 0.6) is 0 Å². The second-order valence-electron chi connectivity index (χ2n) is 13.2. The van der Waals surface area contributed by atoms with Crippen molar-refractivity contribution >= 4 is 57.2 Å². The number of carboxylic acids is 1. The Hall–Kier alpha value is -3.77. The summed E-state index contributed by atoms with van der Waals surface area (Å²) in [4.78, 5) is 45.7. The Morgan fingerprint density at radius 3 is 2.51 bits per heavy atom. The second-order valence-corrected chi connectivity index (χ2v) is 14.4. The predicted molar refractivity (Wildman–Crippen MR) is 177 cm³/mol. The molecule has 4 fully saturated rings. The fraction of sp³-hybridized carbons (Fsp3) is 0.485. The number of para-hydroxylation sites is 1. The van der Waals surface area contributed by atoms with Crippen molar-refractivity contribution in [2.24, 2.45) is 28.8 Å². The number of aliphatic carboxylic acids is 1. The van der Waals surface area contributed by atoms with Gasteiger partial charge in [-0.2, -0.15) is 0 Å². The highest BCUT2D eigenvalue weighted by Gasteiger charge is 2.50. The van der Waals surface area contributed by atoms with Crippen molar-refractivity contribution in [1.29, 1.82) is 0 Å². The molecule has 2 atom stereocenters. The molecule has 4 N–H and O–H groups in total. The number of nitrogens with one attached hydrogen (secondary N) is 3. The minimum absolute atomic E-state index is 0.145. The van der Waals surface area contributed by atoms with Gasteiger partial charge in [0.05, 0.1) is 12.1 Å². The molecule has 12 heteroatoms. The van der Waals surface area contributed by atoms with Gasteiger partial charge in [-0.05, 0) is 121 Å². The van der Waals surface area contributed by atoms with Crippen molar-refractivity contribution in [2.45, 2.75) is 76.0 Å². The molecule has 4 bridgehead atoms. The van der Waals surface area contributed by atoms with Gasteiger partial charge in [-0.1, -0.05) is 35.4 Å². The van der Waals surface area contributed by atoms with E-state index in [0.29, 0.717) is 21.1 Å². The summed E-state index contributed by atoms with van der Waals surface area (Å²) in [6, 6.07) is 12.2. The highest BCUT2D eigenvalue weighted by molar-refractivity contribution is 14.1. The Morgan fingerprint density at radius 2 is 1.84 bits per heavy atom. The number of ether oxygens (including phenoxy) is 1. The van der Waals surface area contributed by atoms with Crippen LogP contribution in [0.4, 0.5) is 10.5 Å². The van der Waals surface area contributed by atoms with Crippen molar-refractivity contribution in [2.75, 3.05) is 0 Å². The Bertz CT molecular complexity index is 1640. The van der Waals surface area contributed by atoms with E-state index in [2.05, 4.69) is 48.2 Å². The summed E-state index contributed by atoms with van der Waals surface area (Å²) in [6.45, 7) is 1.66. The summed E-state index contributed by atoms with van der Waals surface area (Å²) in [5.74, 6) is 0.646. The van der Waals surface area contributed by atoms with Crippen molar-refractivity contribution < 1.29 is 24.2 Å². The summed E-state index contributed by atoms with van der Waals surface area (Å²) in [5.41, 5.74) is 10.3. The van der Waals surface area contributed by atoms with Crippen LogP contribution in [0, 0.1) is 27.2 Å². The quantitative estimate of drug-likeness (QED) is 0.0740. The van der Waals surface area contributed by atoms with E-state index in [1.165, 1.54) is 6.42 Å². The number of carbonyl (C=O) groups is 3. The molecule has 4 aliphatic rings. The first-order chi connectivity index (χ1) is 21.6. The van der Waals surface area contributed by atoms with E-state index in [9.17, 15) is 19.5 Å². The third kappa shape index (κ3) is 6.91. The Labute approximate surface area is 274 Å². The van der Waals surface area contributed by atoms with Gasteiger partial charge in [0, 0.05) is 38.0 Å². The Morgan fingerprint density at radius 1 is 1.13 bits per heavy atom. The fourth-order valence-electron chi connectivity index (χ4n) is 8.11. The summed E-state index contributed by atoms with van der Waals surface area (Å²) in [7, 11) is 0. The average molecular weight is 723 g/mol. The van der Waals surface area contributed by atoms with Crippen LogP contribution in [0.15, 0.2) is 53.8 Å². The molecule has 0 spiro atoms. The molecule has 7 rings (SSSR count). The molecule has 1 aromatic heterocycles. The molecule has 0 unspecified atom stereocenters. The highest BCUT2D eigenvalue weighted by Crippen LogP contribution is 2.54. The third-order valence-electron chi connectivity index (χ3n) is 9.88. The Balaban J connectivity index is 1.23. The normalized spacial score (nSPS) is 25.2. The van der Waals surface area contributed by atoms with E-state index in [1.54, 1.807) is 25.1 Å². The third-order valence-corrected chi connectivity index (χ3v) is 10.7. The van der Waals surface area contributed by atoms with Gasteiger partial charge in [-0.25, -0.2) is 4.79 Å². The van der Waals surface area contributed by atoms with Gasteiger partial charge in [-0.3, -0.25) is 9.59 Å². The van der Waals surface area contributed by atoms with Crippen LogP contribution in [0.25, 0.3) is 21.3 Å². The number of hydrogen-bond acceptors (Lipinski definition) is 5. The number of benzene rings is 2. The number of aromatic nitrogens is 1. The van der Waals surface area contributed by atoms with Crippen molar-refractivity contribution in [3.63, 3.8) is 0 Å². The van der Waals surface area contributed by atoms with Gasteiger partial charge in [0.1, 0.15) is 11.6 Å². The van der Waals surface area contributed by atoms with Crippen LogP contribution >= 0.6 is 22.6 Å². The maximum atomic E-state index is 14.1. The lowest BCUT2D eigenvalue weighted by Gasteiger charge is -2.53. The molecule has 0 saturated heterocycles. The van der Waals surface area contributed by atoms with Crippen molar-refractivity contribution in [3.8, 4) is 0 Å². The van der Waals surface area contributed by atoms with Crippen LogP contribution in [0.1, 0.15) is 56.6 Å². The zero-order valence-electron chi connectivity index (χ0n) is 25.0. The minimum Gasteiger partial charge on any atom is -0.481 e. The van der Waals surface area contributed by atoms with Gasteiger partial charge in [0.25, 0.3) is 0 Å². The molecule has 2 amide bonds. The van der Waals surface area contributed by atoms with Crippen molar-refractivity contribution in [3.05, 3.63) is 73.8 Å². The molecule has 236 valence electrons. The number of amides is 2. The fourth-order valence-corrected chi connectivity index (χ4v) is 8.79. The van der Waals surface area contributed by atoms with Crippen LogP contribution in [0.2, 0.25) is 0 Å². The number of alkyl carbamates (subject to hydrolysis) is 1. The monoisotopic (exact) mass is 722 g/mol. The number of carboxylic acid groups (broad SMARTS) is 1. The van der Waals surface area contributed by atoms with Gasteiger partial charge in [0.15, 0.2) is 0 Å². The highest BCUT2D eigenvalue weighted by atomic mass is 125. The lowest BCUT2D eigenvalue weighted by Crippen LogP contribution is -2.61. The number of aromatic amines is 1. The Kier molecular flexibility index (Phi) is 8.96. The number of H-pyrrole nitrogens is 1. The first-order valence-corrected chi connectivity index (χ1v) is 16.6. The maximum Gasteiger partial charge on any atom is 0.408 e. The maximum absolute atomic E-state index is 14.1. The number of azide groups is 1. The minimum atomic E-state index is -1.44. The molecular weight excluding hydrogens is 685 g/mol. The van der Waals surface area contributed by atoms with Gasteiger partial charge in [0.2, 0.25) is 5.91 Å². The smallest absolute Gasteiger partial charge is 0.408 e. The topological polar surface area (TPSA) is 169 Å². The van der Waals surface area contributed by atoms with Gasteiger partial charge >= 0.3 is 12.1 Å². The average Bonchev–Trinajstić information content (AvgIpc) is 3.38. The summed E-state index contributed by atoms with van der Waals surface area (Å²) in [5, 5.41) is 20.2. The molecule has 4 saturated carbocycles. The number of halogens is 1. The standard InChI is InChI=1S/C33H37IN6O5/c1-33(16-23-17-36-27-5-3-2-4-25(23)27,38-32(44)45-30-21-9-19-8-20(11-21)12-22(30)10-19)31(43)37-24(15-29(41)42)13-18-6-7-28(39-40-35)26(34)14-18/h2-7,14,17,19-22,24,30,36H,8-13,15-16H2,1H3,(H,37,43)(H,38,44)(H,41,42)/t19?,20?,21?,22?,24-,30?,33-/m1/s1/i34-2. The molecule has 4 aliphatic carbocycles. The molecule has 0 radical (unpaired) electrons. The molecule has 2 aromatic carbocycles. The lowest BCUT2D eigenvalue weighted by molar-refractivity contribution is -0.138. The number of hydrogen-bond donors (Lipinski definition) is 4. The lowest BCUT2D eigenvalue weighted by atomic mass is 9.55. The summed E-state index contributed by atoms with van der Waals surface area (Å²) >= 11 is 2.05. The van der Waals surface area contributed by atoms with E-state index in [4.69, 9.17) is 10.3 Å². The zero-order chi connectivity index (χ0) is 31.7. The number of fused-ring (bicyclic) bond motifs is 1. The predicted octanol–water partition coefficient (Wildman–Crippen LogP) is 6.77. The van der Waals surface area contributed by atoms with Crippen LogP contribution in [0.3, 0.4) is 0 Å². The molecule has 1 heterocycles. The van der Waals surface area contributed by atoms with E-state index in [-0.39, 0.29) is 25.4 Å². The van der Waals surface area contributed by atoms with Crippen LogP contribution < -0.4 is 10.6 Å². The zero-order valence-corrected chi connectivity index (χ0v) is 27.2. The SMILES string of the molecule is C[C@](Cc1c[nH]c2ccccc12)(NC(=O)OC1C2CC3CC(C2)CC1C3)C(=O)N[C@@H](CC(=O)O)Cc1ccc(N=[N+]=[N-])c([125I])c1. The second kappa shape index (κ2) is 12.9. The largest absolute Gasteiger partial charge is 0.481 e.